The second-order valence-corrected chi connectivity index (χ2v) is 7.16. The van der Waals surface area contributed by atoms with Gasteiger partial charge in [-0.25, -0.2) is 4.79 Å². The highest BCUT2D eigenvalue weighted by molar-refractivity contribution is 6.01. The van der Waals surface area contributed by atoms with Crippen LogP contribution in [0.5, 0.6) is 0 Å². The van der Waals surface area contributed by atoms with Gasteiger partial charge < -0.3 is 15.0 Å². The van der Waals surface area contributed by atoms with Crippen molar-refractivity contribution in [2.24, 2.45) is 5.92 Å². The van der Waals surface area contributed by atoms with Crippen LogP contribution in [-0.4, -0.2) is 35.8 Å². The van der Waals surface area contributed by atoms with E-state index in [0.717, 1.165) is 5.56 Å². The van der Waals surface area contributed by atoms with Gasteiger partial charge in [0, 0.05) is 12.1 Å². The van der Waals surface area contributed by atoms with Crippen molar-refractivity contribution in [2.75, 3.05) is 7.11 Å². The van der Waals surface area contributed by atoms with E-state index in [9.17, 15) is 14.4 Å². The van der Waals surface area contributed by atoms with E-state index in [0.29, 0.717) is 17.7 Å². The zero-order valence-corrected chi connectivity index (χ0v) is 16.2. The lowest BCUT2D eigenvalue weighted by Crippen LogP contribution is -2.50. The predicted octanol–water partition coefficient (Wildman–Crippen LogP) is 2.70. The summed E-state index contributed by atoms with van der Waals surface area (Å²) in [4.78, 5) is 39.9. The Morgan fingerprint density at radius 2 is 1.68 bits per heavy atom. The summed E-state index contributed by atoms with van der Waals surface area (Å²) in [7, 11) is 1.29. The van der Waals surface area contributed by atoms with Gasteiger partial charge in [-0.1, -0.05) is 62.4 Å². The zero-order chi connectivity index (χ0) is 20.3. The molecule has 0 bridgehead atoms. The topological polar surface area (TPSA) is 75.7 Å². The van der Waals surface area contributed by atoms with Crippen molar-refractivity contribution in [3.05, 3.63) is 71.3 Å². The highest BCUT2D eigenvalue weighted by atomic mass is 16.5. The van der Waals surface area contributed by atoms with Crippen LogP contribution in [0.4, 0.5) is 0 Å². The standard InChI is InChI=1S/C22H24N2O4/c1-14(2)18(22(27)28-3)23-20(25)19(15-9-5-4-6-10-15)24-13-16-11-7-8-12-17(16)21(24)26/h4-12,14,18-19H,13H2,1-3H3,(H,23,25)/t18?,19-/m1/s1. The molecule has 2 aromatic rings. The molecule has 6 nitrogen and oxygen atoms in total. The molecular weight excluding hydrogens is 356 g/mol. The Bertz CT molecular complexity index is 879. The number of hydrogen-bond donors (Lipinski definition) is 1. The van der Waals surface area contributed by atoms with Gasteiger partial charge in [-0.05, 0) is 23.1 Å². The molecule has 0 radical (unpaired) electrons. The van der Waals surface area contributed by atoms with Crippen molar-refractivity contribution in [3.8, 4) is 0 Å². The molecule has 0 spiro atoms. The highest BCUT2D eigenvalue weighted by Gasteiger charge is 2.38. The average Bonchev–Trinajstić information content (AvgIpc) is 3.03. The van der Waals surface area contributed by atoms with Gasteiger partial charge in [0.1, 0.15) is 12.1 Å². The molecule has 2 atom stereocenters. The van der Waals surface area contributed by atoms with E-state index in [-0.39, 0.29) is 11.8 Å². The summed E-state index contributed by atoms with van der Waals surface area (Å²) in [6.45, 7) is 4.00. The molecular formula is C22H24N2O4. The highest BCUT2D eigenvalue weighted by Crippen LogP contribution is 2.31. The van der Waals surface area contributed by atoms with Crippen LogP contribution in [0, 0.1) is 5.92 Å². The summed E-state index contributed by atoms with van der Waals surface area (Å²) in [6, 6.07) is 14.8. The smallest absolute Gasteiger partial charge is 0.328 e. The second kappa shape index (κ2) is 8.25. The van der Waals surface area contributed by atoms with Gasteiger partial charge >= 0.3 is 5.97 Å². The Kier molecular flexibility index (Phi) is 5.78. The monoisotopic (exact) mass is 380 g/mol. The van der Waals surface area contributed by atoms with E-state index < -0.39 is 24.0 Å². The van der Waals surface area contributed by atoms with Crippen LogP contribution in [0.2, 0.25) is 0 Å². The molecule has 1 N–H and O–H groups in total. The number of nitrogens with zero attached hydrogens (tertiary/aromatic N) is 1. The minimum Gasteiger partial charge on any atom is -0.467 e. The van der Waals surface area contributed by atoms with E-state index in [4.69, 9.17) is 4.74 Å². The van der Waals surface area contributed by atoms with Gasteiger partial charge in [0.2, 0.25) is 5.91 Å². The molecule has 2 aromatic carbocycles. The van der Waals surface area contributed by atoms with Gasteiger partial charge in [0.25, 0.3) is 5.91 Å². The fourth-order valence-corrected chi connectivity index (χ4v) is 3.45. The molecule has 1 heterocycles. The summed E-state index contributed by atoms with van der Waals surface area (Å²) in [6.07, 6.45) is 0. The van der Waals surface area contributed by atoms with Crippen molar-refractivity contribution in [2.45, 2.75) is 32.5 Å². The molecule has 0 fully saturated rings. The van der Waals surface area contributed by atoms with E-state index in [1.54, 1.807) is 11.0 Å². The van der Waals surface area contributed by atoms with Gasteiger partial charge in [-0.15, -0.1) is 0 Å². The molecule has 0 aromatic heterocycles. The molecule has 28 heavy (non-hydrogen) atoms. The lowest BCUT2D eigenvalue weighted by molar-refractivity contribution is -0.147. The maximum Gasteiger partial charge on any atom is 0.328 e. The van der Waals surface area contributed by atoms with E-state index in [1.165, 1.54) is 7.11 Å². The molecule has 1 unspecified atom stereocenters. The average molecular weight is 380 g/mol. The largest absolute Gasteiger partial charge is 0.467 e. The van der Waals surface area contributed by atoms with Gasteiger partial charge in [-0.2, -0.15) is 0 Å². The Morgan fingerprint density at radius 1 is 1.04 bits per heavy atom. The molecule has 1 aliphatic rings. The Balaban J connectivity index is 1.94. The number of rotatable bonds is 6. The first kappa shape index (κ1) is 19.6. The number of benzene rings is 2. The number of carbonyl (C=O) groups excluding carboxylic acids is 3. The Morgan fingerprint density at radius 3 is 2.29 bits per heavy atom. The molecule has 0 saturated carbocycles. The van der Waals surface area contributed by atoms with Crippen LogP contribution < -0.4 is 5.32 Å². The SMILES string of the molecule is COC(=O)C(NC(=O)[C@@H](c1ccccc1)N1Cc2ccccc2C1=O)C(C)C. The van der Waals surface area contributed by atoms with Gasteiger partial charge in [0.15, 0.2) is 0 Å². The number of fused-ring (bicyclic) bond motifs is 1. The third-order valence-corrected chi connectivity index (χ3v) is 4.94. The number of carbonyl (C=O) groups is 3. The van der Waals surface area contributed by atoms with Crippen LogP contribution in [0.3, 0.4) is 0 Å². The molecule has 3 rings (SSSR count). The Hall–Kier alpha value is -3.15. The zero-order valence-electron chi connectivity index (χ0n) is 16.2. The molecule has 1 aliphatic heterocycles. The lowest BCUT2D eigenvalue weighted by Gasteiger charge is -2.29. The maximum atomic E-state index is 13.2. The first-order valence-electron chi connectivity index (χ1n) is 9.26. The van der Waals surface area contributed by atoms with Crippen LogP contribution in [0.15, 0.2) is 54.6 Å². The Labute approximate surface area is 164 Å². The predicted molar refractivity (Wildman–Crippen MR) is 104 cm³/mol. The summed E-state index contributed by atoms with van der Waals surface area (Å²) in [5.74, 6) is -1.26. The third kappa shape index (κ3) is 3.76. The number of esters is 1. The first-order valence-corrected chi connectivity index (χ1v) is 9.26. The van der Waals surface area contributed by atoms with Gasteiger partial charge in [0.05, 0.1) is 7.11 Å². The van der Waals surface area contributed by atoms with Crippen molar-refractivity contribution >= 4 is 17.8 Å². The van der Waals surface area contributed by atoms with Crippen molar-refractivity contribution in [3.63, 3.8) is 0 Å². The third-order valence-electron chi connectivity index (χ3n) is 4.94. The summed E-state index contributed by atoms with van der Waals surface area (Å²) in [5, 5.41) is 2.78. The van der Waals surface area contributed by atoms with E-state index >= 15 is 0 Å². The summed E-state index contributed by atoms with van der Waals surface area (Å²) < 4.78 is 4.82. The number of nitrogens with one attached hydrogen (secondary N) is 1. The second-order valence-electron chi connectivity index (χ2n) is 7.16. The number of amides is 2. The molecule has 0 aliphatic carbocycles. The van der Waals surface area contributed by atoms with E-state index in [1.807, 2.05) is 62.4 Å². The van der Waals surface area contributed by atoms with E-state index in [2.05, 4.69) is 5.32 Å². The van der Waals surface area contributed by atoms with Gasteiger partial charge in [-0.3, -0.25) is 9.59 Å². The number of hydrogen-bond acceptors (Lipinski definition) is 4. The normalized spacial score (nSPS) is 15.1. The minimum atomic E-state index is -0.841. The molecule has 6 heteroatoms. The van der Waals surface area contributed by atoms with Crippen molar-refractivity contribution in [1.82, 2.24) is 10.2 Å². The summed E-state index contributed by atoms with van der Waals surface area (Å²) in [5.41, 5.74) is 2.17. The fourth-order valence-electron chi connectivity index (χ4n) is 3.45. The first-order chi connectivity index (χ1) is 13.4. The lowest BCUT2D eigenvalue weighted by atomic mass is 10.0. The van der Waals surface area contributed by atoms with Crippen molar-refractivity contribution < 1.29 is 19.1 Å². The molecule has 146 valence electrons. The van der Waals surface area contributed by atoms with Crippen LogP contribution >= 0.6 is 0 Å². The van der Waals surface area contributed by atoms with Crippen LogP contribution in [0.25, 0.3) is 0 Å². The summed E-state index contributed by atoms with van der Waals surface area (Å²) >= 11 is 0. The molecule has 0 saturated heterocycles. The van der Waals surface area contributed by atoms with Crippen LogP contribution in [0.1, 0.15) is 41.4 Å². The quantitative estimate of drug-likeness (QED) is 0.782. The number of ether oxygens (including phenoxy) is 1. The van der Waals surface area contributed by atoms with Crippen molar-refractivity contribution in [1.29, 1.82) is 0 Å². The minimum absolute atomic E-state index is 0.153. The fraction of sp³-hybridized carbons (Fsp3) is 0.318. The molecule has 2 amide bonds. The van der Waals surface area contributed by atoms with Crippen LogP contribution in [-0.2, 0) is 20.9 Å². The number of methoxy groups -OCH3 is 1. The maximum absolute atomic E-state index is 13.2.